The summed E-state index contributed by atoms with van der Waals surface area (Å²) in [7, 11) is 0. The van der Waals surface area contributed by atoms with E-state index in [1.807, 2.05) is 64.2 Å². The molecular weight excluding hydrogens is 721 g/mol. The van der Waals surface area contributed by atoms with E-state index in [9.17, 15) is 19.5 Å². The Hall–Kier alpha value is -3.61. The minimum atomic E-state index is -0.793. The lowest BCUT2D eigenvalue weighted by atomic mass is 9.63. The Morgan fingerprint density at radius 1 is 0.707 bits per heavy atom. The summed E-state index contributed by atoms with van der Waals surface area (Å²) in [5.74, 6) is -0.419. The van der Waals surface area contributed by atoms with Crippen molar-refractivity contribution in [2.45, 2.75) is 189 Å². The molecule has 4 atom stereocenters. The number of rotatable bonds is 26. The first kappa shape index (κ1) is 50.5. The predicted octanol–water partition coefficient (Wildman–Crippen LogP) is 13.1. The highest BCUT2D eigenvalue weighted by atomic mass is 16.6. The first-order valence-corrected chi connectivity index (χ1v) is 22.0. The quantitative estimate of drug-likeness (QED) is 0.0308. The summed E-state index contributed by atoms with van der Waals surface area (Å²) in [5, 5.41) is 10.3. The lowest BCUT2D eigenvalue weighted by Crippen LogP contribution is -2.46. The molecule has 58 heavy (non-hydrogen) atoms. The smallest absolute Gasteiger partial charge is 0.306 e. The molecule has 6 nitrogen and oxygen atoms in total. The molecule has 2 aliphatic rings. The van der Waals surface area contributed by atoms with E-state index < -0.39 is 11.5 Å². The van der Waals surface area contributed by atoms with Crippen LogP contribution in [0.2, 0.25) is 0 Å². The third-order valence-electron chi connectivity index (χ3n) is 11.6. The summed E-state index contributed by atoms with van der Waals surface area (Å²) < 4.78 is 12.0. The molecule has 2 fully saturated rings. The van der Waals surface area contributed by atoms with E-state index in [4.69, 9.17) is 9.47 Å². The normalized spacial score (nSPS) is 23.8. The number of aliphatic hydroxyl groups excluding tert-OH is 1. The lowest BCUT2D eigenvalue weighted by Gasteiger charge is -2.39. The molecule has 0 unspecified atom stereocenters. The Morgan fingerprint density at radius 2 is 1.21 bits per heavy atom. The van der Waals surface area contributed by atoms with Crippen LogP contribution in [0, 0.1) is 10.8 Å². The molecule has 1 saturated carbocycles. The van der Waals surface area contributed by atoms with Crippen molar-refractivity contribution in [2.24, 2.45) is 10.8 Å². The van der Waals surface area contributed by atoms with E-state index in [0.29, 0.717) is 19.3 Å². The van der Waals surface area contributed by atoms with Crippen LogP contribution in [0.15, 0.2) is 107 Å². The fourth-order valence-corrected chi connectivity index (χ4v) is 8.07. The van der Waals surface area contributed by atoms with Crippen molar-refractivity contribution in [1.29, 1.82) is 0 Å². The highest BCUT2D eigenvalue weighted by molar-refractivity contribution is 5.94. The van der Waals surface area contributed by atoms with E-state index in [1.54, 1.807) is 12.2 Å². The number of carbonyl (C=O) groups is 3. The van der Waals surface area contributed by atoms with Crippen molar-refractivity contribution in [2.75, 3.05) is 0 Å². The molecule has 0 aromatic carbocycles. The van der Waals surface area contributed by atoms with Crippen LogP contribution in [0.25, 0.3) is 0 Å². The predicted molar refractivity (Wildman–Crippen MR) is 242 cm³/mol. The number of ketones is 2. The second-order valence-electron chi connectivity index (χ2n) is 18.5. The van der Waals surface area contributed by atoms with Crippen LogP contribution in [-0.4, -0.2) is 46.1 Å². The number of epoxide rings is 1. The van der Waals surface area contributed by atoms with Gasteiger partial charge in [0.1, 0.15) is 23.1 Å². The first-order valence-electron chi connectivity index (χ1n) is 22.0. The molecule has 0 aromatic heterocycles. The van der Waals surface area contributed by atoms with Gasteiger partial charge in [-0.3, -0.25) is 14.4 Å². The number of hydrogen-bond donors (Lipinski definition) is 1. The van der Waals surface area contributed by atoms with Crippen molar-refractivity contribution in [3.8, 4) is 0 Å². The Morgan fingerprint density at radius 3 is 1.74 bits per heavy atom. The number of allylic oxidation sites excluding steroid dienone is 17. The Labute approximate surface area is 353 Å². The van der Waals surface area contributed by atoms with Crippen molar-refractivity contribution in [1.82, 2.24) is 0 Å². The van der Waals surface area contributed by atoms with Crippen LogP contribution in [0.3, 0.4) is 0 Å². The van der Waals surface area contributed by atoms with Crippen molar-refractivity contribution >= 4 is 17.5 Å². The summed E-state index contributed by atoms with van der Waals surface area (Å²) in [6, 6.07) is 0. The standard InChI is InChI=1S/C52H78O6/c1-12-13-14-15-16-17-18-19-20-31-48(56)57-46(36-44(6)53)39-49(7,8)47(55)33-32-42(4)29-23-27-40(2)25-21-22-26-41(3)28-24-30-43(5)34-35-52-50(9,10)37-45(54)38-51(52,11)58-52/h21-30,32-35,45-46,54H,12-20,31,36-39H2,1-11H3/b22-21+,27-23+,28-24+,33-32+,35-34+,40-25+,41-26+,42-29+,43-30-/t45-,46+,51+,52-/m0/s1. The highest BCUT2D eigenvalue weighted by Gasteiger charge is 2.74. The summed E-state index contributed by atoms with van der Waals surface area (Å²) in [6.45, 7) is 22.0. The SMILES string of the molecule is CCCCCCCCCCCC(=O)O[C@H](CC(C)=O)CC(C)(C)C(=O)/C=C/C(C)=C/C=C/C(C)=C/C=C/C=C(C)/C=C/C=C(C)\C=C\[C@@]12O[C@]1(C)C[C@@H](O)CC2(C)C. The van der Waals surface area contributed by atoms with Crippen LogP contribution in [-0.2, 0) is 23.9 Å². The van der Waals surface area contributed by atoms with Gasteiger partial charge in [0.25, 0.3) is 0 Å². The van der Waals surface area contributed by atoms with E-state index in [2.05, 4.69) is 78.0 Å². The number of carbonyl (C=O) groups excluding carboxylic acids is 3. The fraction of sp³-hybridized carbons (Fsp3) is 0.596. The highest BCUT2D eigenvalue weighted by Crippen LogP contribution is 2.66. The Kier molecular flexibility index (Phi) is 21.3. The Bertz CT molecular complexity index is 1640. The van der Waals surface area contributed by atoms with E-state index in [0.717, 1.165) is 48.0 Å². The molecule has 1 aliphatic heterocycles. The summed E-state index contributed by atoms with van der Waals surface area (Å²) >= 11 is 0. The molecule has 6 heteroatoms. The van der Waals surface area contributed by atoms with Gasteiger partial charge in [0.05, 0.1) is 6.10 Å². The van der Waals surface area contributed by atoms with Gasteiger partial charge in [0.15, 0.2) is 5.78 Å². The van der Waals surface area contributed by atoms with Crippen LogP contribution in [0.1, 0.15) is 166 Å². The van der Waals surface area contributed by atoms with Gasteiger partial charge in [-0.1, -0.05) is 181 Å². The van der Waals surface area contributed by atoms with Crippen LogP contribution in [0.4, 0.5) is 0 Å². The van der Waals surface area contributed by atoms with Gasteiger partial charge in [0, 0.05) is 30.1 Å². The van der Waals surface area contributed by atoms with E-state index >= 15 is 0 Å². The van der Waals surface area contributed by atoms with Gasteiger partial charge < -0.3 is 14.6 Å². The molecule has 322 valence electrons. The molecule has 0 amide bonds. The average molecular weight is 799 g/mol. The van der Waals surface area contributed by atoms with Crippen LogP contribution in [0.5, 0.6) is 0 Å². The lowest BCUT2D eigenvalue weighted by molar-refractivity contribution is -0.152. The molecule has 1 aliphatic carbocycles. The Balaban J connectivity index is 1.82. The molecule has 0 bridgehead atoms. The summed E-state index contributed by atoms with van der Waals surface area (Å²) in [4.78, 5) is 37.9. The third-order valence-corrected chi connectivity index (χ3v) is 11.6. The number of esters is 1. The summed E-state index contributed by atoms with van der Waals surface area (Å²) in [5.41, 5.74) is 2.76. The topological polar surface area (TPSA) is 93.2 Å². The molecule has 0 spiro atoms. The zero-order chi connectivity index (χ0) is 43.4. The van der Waals surface area contributed by atoms with Gasteiger partial charge in [-0.2, -0.15) is 0 Å². The number of aliphatic hydroxyl groups is 1. The molecule has 0 radical (unpaired) electrons. The summed E-state index contributed by atoms with van der Waals surface area (Å²) in [6.07, 6.45) is 39.8. The monoisotopic (exact) mass is 799 g/mol. The van der Waals surface area contributed by atoms with Crippen LogP contribution < -0.4 is 0 Å². The zero-order valence-electron chi connectivity index (χ0n) is 38.1. The minimum absolute atomic E-state index is 0.0590. The number of fused-ring (bicyclic) bond motifs is 1. The molecule has 1 N–H and O–H groups in total. The maximum Gasteiger partial charge on any atom is 0.306 e. The first-order chi connectivity index (χ1) is 27.3. The minimum Gasteiger partial charge on any atom is -0.462 e. The fourth-order valence-electron chi connectivity index (χ4n) is 8.07. The van der Waals surface area contributed by atoms with Crippen molar-refractivity contribution in [3.63, 3.8) is 0 Å². The molecular formula is C52H78O6. The maximum atomic E-state index is 13.2. The zero-order valence-corrected chi connectivity index (χ0v) is 38.1. The second kappa shape index (κ2) is 24.5. The van der Waals surface area contributed by atoms with E-state index in [1.165, 1.54) is 45.4 Å². The number of hydrogen-bond acceptors (Lipinski definition) is 6. The van der Waals surface area contributed by atoms with E-state index in [-0.39, 0.29) is 46.7 Å². The second-order valence-corrected chi connectivity index (χ2v) is 18.5. The molecule has 1 saturated heterocycles. The van der Waals surface area contributed by atoms with Gasteiger partial charge in [-0.05, 0) is 73.0 Å². The maximum absolute atomic E-state index is 13.2. The molecule has 1 heterocycles. The van der Waals surface area contributed by atoms with Crippen molar-refractivity contribution in [3.05, 3.63) is 107 Å². The third kappa shape index (κ3) is 17.7. The molecule has 2 rings (SSSR count). The number of unbranched alkanes of at least 4 members (excludes halogenated alkanes) is 8. The largest absolute Gasteiger partial charge is 0.462 e. The van der Waals surface area contributed by atoms with Gasteiger partial charge in [-0.15, -0.1) is 0 Å². The molecule has 0 aromatic rings. The van der Waals surface area contributed by atoms with Crippen molar-refractivity contribution < 1.29 is 29.0 Å². The van der Waals surface area contributed by atoms with Crippen LogP contribution >= 0.6 is 0 Å². The number of ether oxygens (including phenoxy) is 2. The van der Waals surface area contributed by atoms with Gasteiger partial charge in [0.2, 0.25) is 0 Å². The number of Topliss-reactive ketones (excluding diaryl/α,β-unsaturated/α-hetero) is 1. The average Bonchev–Trinajstić information content (AvgIpc) is 3.75. The van der Waals surface area contributed by atoms with Gasteiger partial charge >= 0.3 is 5.97 Å². The van der Waals surface area contributed by atoms with Gasteiger partial charge in [-0.25, -0.2) is 0 Å².